The Morgan fingerprint density at radius 2 is 1.55 bits per heavy atom. The summed E-state index contributed by atoms with van der Waals surface area (Å²) in [6.45, 7) is 11.0. The number of fused-ring (bicyclic) bond motifs is 7. The average Bonchev–Trinajstić information content (AvgIpc) is 3.57. The van der Waals surface area contributed by atoms with Gasteiger partial charge >= 0.3 is 6.03 Å². The Morgan fingerprint density at radius 3 is 2.32 bits per heavy atom. The Kier molecular flexibility index (Phi) is 6.43. The molecule has 214 valence electrons. The molecule has 0 aromatic rings. The summed E-state index contributed by atoms with van der Waals surface area (Å²) >= 11 is 0. The van der Waals surface area contributed by atoms with Gasteiger partial charge in [-0.2, -0.15) is 0 Å². The van der Waals surface area contributed by atoms with E-state index in [0.717, 1.165) is 56.0 Å². The third-order valence-corrected chi connectivity index (χ3v) is 14.0. The van der Waals surface area contributed by atoms with E-state index in [1.165, 1.54) is 64.2 Å². The second-order valence-electron chi connectivity index (χ2n) is 15.7. The summed E-state index contributed by atoms with van der Waals surface area (Å²) in [5.41, 5.74) is 0.847. The Labute approximate surface area is 231 Å². The zero-order chi connectivity index (χ0) is 26.3. The molecule has 2 N–H and O–H groups in total. The molecule has 7 rings (SSSR count). The maximum atomic E-state index is 12.7. The molecule has 12 atom stereocenters. The van der Waals surface area contributed by atoms with Gasteiger partial charge in [-0.1, -0.05) is 40.5 Å². The van der Waals surface area contributed by atoms with Crippen LogP contribution in [-0.4, -0.2) is 36.6 Å². The van der Waals surface area contributed by atoms with Gasteiger partial charge in [0.25, 0.3) is 0 Å². The standard InChI is InChI=1S/C33H54N2O3/c1-20-11-16-33(37-19-20)21(2)29-28(38-33)18-27-25-10-9-22-17-24(35-30(36)34-23-7-5-6-8-23)12-14-31(22,3)26(25)13-15-32(27,29)4/h20-29H,5-19H2,1-4H3,(H2,34,35,36)/t20-,21-,22+,24+,25+,26?,27-,28-,29?,31-,32-,33+/m0/s1. The second-order valence-corrected chi connectivity index (χ2v) is 15.7. The normalized spacial score (nSPS) is 54.2. The highest BCUT2D eigenvalue weighted by Crippen LogP contribution is 2.71. The van der Waals surface area contributed by atoms with Crippen molar-refractivity contribution in [3.63, 3.8) is 0 Å². The van der Waals surface area contributed by atoms with Crippen molar-refractivity contribution in [2.45, 2.75) is 142 Å². The lowest BCUT2D eigenvalue weighted by Crippen LogP contribution is -2.56. The quantitative estimate of drug-likeness (QED) is 0.406. The lowest BCUT2D eigenvalue weighted by molar-refractivity contribution is -0.273. The number of rotatable bonds is 2. The Bertz CT molecular complexity index is 910. The third-order valence-electron chi connectivity index (χ3n) is 14.0. The zero-order valence-corrected chi connectivity index (χ0v) is 24.6. The molecule has 2 saturated heterocycles. The maximum Gasteiger partial charge on any atom is 0.315 e. The molecule has 0 bridgehead atoms. The number of hydrogen-bond donors (Lipinski definition) is 2. The van der Waals surface area contributed by atoms with Gasteiger partial charge in [0.1, 0.15) is 0 Å². The highest BCUT2D eigenvalue weighted by molar-refractivity contribution is 5.74. The Morgan fingerprint density at radius 1 is 0.789 bits per heavy atom. The summed E-state index contributed by atoms with van der Waals surface area (Å²) in [5, 5.41) is 6.65. The van der Waals surface area contributed by atoms with Gasteiger partial charge in [0, 0.05) is 24.4 Å². The first kappa shape index (κ1) is 26.1. The van der Waals surface area contributed by atoms with Crippen molar-refractivity contribution in [3.8, 4) is 0 Å². The van der Waals surface area contributed by atoms with Crippen molar-refractivity contribution in [2.75, 3.05) is 6.61 Å². The van der Waals surface area contributed by atoms with Crippen molar-refractivity contribution < 1.29 is 14.3 Å². The van der Waals surface area contributed by atoms with E-state index >= 15 is 0 Å². The first-order chi connectivity index (χ1) is 18.2. The summed E-state index contributed by atoms with van der Waals surface area (Å²) in [4.78, 5) is 12.7. The second kappa shape index (κ2) is 9.36. The predicted octanol–water partition coefficient (Wildman–Crippen LogP) is 7.04. The largest absolute Gasteiger partial charge is 0.349 e. The molecule has 38 heavy (non-hydrogen) atoms. The van der Waals surface area contributed by atoms with Gasteiger partial charge in [0.15, 0.2) is 5.79 Å². The molecule has 2 aliphatic heterocycles. The lowest BCUT2D eigenvalue weighted by Gasteiger charge is -2.61. The first-order valence-electron chi connectivity index (χ1n) is 16.6. The molecule has 5 heteroatoms. The van der Waals surface area contributed by atoms with E-state index in [0.29, 0.717) is 46.8 Å². The summed E-state index contributed by atoms with van der Waals surface area (Å²) in [6.07, 6.45) is 17.9. The third kappa shape index (κ3) is 3.94. The topological polar surface area (TPSA) is 59.6 Å². The van der Waals surface area contributed by atoms with Crippen LogP contribution in [-0.2, 0) is 9.47 Å². The van der Waals surface area contributed by atoms with Crippen LogP contribution < -0.4 is 10.6 Å². The highest BCUT2D eigenvalue weighted by atomic mass is 16.7. The minimum Gasteiger partial charge on any atom is -0.349 e. The minimum atomic E-state index is -0.300. The maximum absolute atomic E-state index is 12.7. The van der Waals surface area contributed by atoms with Crippen LogP contribution >= 0.6 is 0 Å². The van der Waals surface area contributed by atoms with E-state index < -0.39 is 0 Å². The fraction of sp³-hybridized carbons (Fsp3) is 0.970. The number of ether oxygens (including phenoxy) is 2. The fourth-order valence-corrected chi connectivity index (χ4v) is 11.9. The van der Waals surface area contributed by atoms with Crippen LogP contribution in [0.4, 0.5) is 4.79 Å². The SMILES string of the molecule is C[C@H]1CC[C@@]2(OC1)O[C@H]1C[C@H]3[C@@H]4CC[C@@H]5C[C@H](NC(=O)NC6CCCC6)CC[C@]5(C)C4CC[C@]3(C)C1[C@@H]2C. The minimum absolute atomic E-state index is 0.0911. The van der Waals surface area contributed by atoms with E-state index in [9.17, 15) is 4.79 Å². The van der Waals surface area contributed by atoms with Gasteiger partial charge in [-0.25, -0.2) is 4.79 Å². The smallest absolute Gasteiger partial charge is 0.315 e. The van der Waals surface area contributed by atoms with Crippen LogP contribution in [0.2, 0.25) is 0 Å². The molecule has 7 aliphatic rings. The molecule has 5 saturated carbocycles. The molecular weight excluding hydrogens is 472 g/mol. The summed E-state index contributed by atoms with van der Waals surface area (Å²) in [6, 6.07) is 0.847. The van der Waals surface area contributed by atoms with Gasteiger partial charge in [-0.3, -0.25) is 0 Å². The van der Waals surface area contributed by atoms with Crippen LogP contribution in [0.3, 0.4) is 0 Å². The highest BCUT2D eigenvalue weighted by Gasteiger charge is 2.69. The van der Waals surface area contributed by atoms with Crippen molar-refractivity contribution >= 4 is 6.03 Å². The van der Waals surface area contributed by atoms with E-state index in [4.69, 9.17) is 9.47 Å². The molecule has 7 fully saturated rings. The van der Waals surface area contributed by atoms with Crippen molar-refractivity contribution in [3.05, 3.63) is 0 Å². The zero-order valence-electron chi connectivity index (χ0n) is 24.6. The molecule has 2 unspecified atom stereocenters. The predicted molar refractivity (Wildman–Crippen MR) is 149 cm³/mol. The van der Waals surface area contributed by atoms with Gasteiger partial charge < -0.3 is 20.1 Å². The van der Waals surface area contributed by atoms with E-state index in [2.05, 4.69) is 38.3 Å². The summed E-state index contributed by atoms with van der Waals surface area (Å²) in [5.74, 6) is 4.81. The molecule has 5 nitrogen and oxygen atoms in total. The van der Waals surface area contributed by atoms with Crippen LogP contribution in [0.25, 0.3) is 0 Å². The fourth-order valence-electron chi connectivity index (χ4n) is 11.9. The van der Waals surface area contributed by atoms with Gasteiger partial charge in [0.05, 0.1) is 12.7 Å². The molecule has 0 radical (unpaired) electrons. The lowest BCUT2D eigenvalue weighted by atomic mass is 9.44. The van der Waals surface area contributed by atoms with E-state index in [1.54, 1.807) is 0 Å². The van der Waals surface area contributed by atoms with Crippen LogP contribution in [0, 0.1) is 52.3 Å². The summed E-state index contributed by atoms with van der Waals surface area (Å²) in [7, 11) is 0. The number of nitrogens with one attached hydrogen (secondary N) is 2. The van der Waals surface area contributed by atoms with Crippen molar-refractivity contribution in [1.29, 1.82) is 0 Å². The number of hydrogen-bond acceptors (Lipinski definition) is 3. The van der Waals surface area contributed by atoms with Gasteiger partial charge in [-0.15, -0.1) is 0 Å². The average molecular weight is 527 g/mol. The van der Waals surface area contributed by atoms with Crippen molar-refractivity contribution in [2.24, 2.45) is 52.3 Å². The number of urea groups is 1. The first-order valence-corrected chi connectivity index (χ1v) is 16.6. The summed E-state index contributed by atoms with van der Waals surface area (Å²) < 4.78 is 13.5. The van der Waals surface area contributed by atoms with Crippen LogP contribution in [0.15, 0.2) is 0 Å². The molecule has 0 aromatic carbocycles. The Hall–Kier alpha value is -0.810. The molecular formula is C33H54N2O3. The van der Waals surface area contributed by atoms with Crippen molar-refractivity contribution in [1.82, 2.24) is 10.6 Å². The van der Waals surface area contributed by atoms with Crippen LogP contribution in [0.5, 0.6) is 0 Å². The van der Waals surface area contributed by atoms with Crippen LogP contribution in [0.1, 0.15) is 118 Å². The molecule has 2 heterocycles. The Balaban J connectivity index is 1.02. The van der Waals surface area contributed by atoms with Gasteiger partial charge in [0.2, 0.25) is 0 Å². The molecule has 5 aliphatic carbocycles. The number of amides is 2. The number of carbonyl (C=O) groups excluding carboxylic acids is 1. The number of carbonyl (C=O) groups is 1. The molecule has 1 spiro atoms. The van der Waals surface area contributed by atoms with Gasteiger partial charge in [-0.05, 0) is 117 Å². The monoisotopic (exact) mass is 526 g/mol. The molecule has 2 amide bonds. The molecule has 0 aromatic heterocycles. The van der Waals surface area contributed by atoms with E-state index in [1.807, 2.05) is 0 Å². The van der Waals surface area contributed by atoms with E-state index in [-0.39, 0.29) is 11.8 Å².